The summed E-state index contributed by atoms with van der Waals surface area (Å²) in [5.74, 6) is -0.622. The Labute approximate surface area is 346 Å². The van der Waals surface area contributed by atoms with Crippen LogP contribution in [0.4, 0.5) is 0 Å². The van der Waals surface area contributed by atoms with Crippen LogP contribution >= 0.6 is 0 Å². The minimum atomic E-state index is -0.487. The van der Waals surface area contributed by atoms with Gasteiger partial charge in [0.2, 0.25) is 0 Å². The summed E-state index contributed by atoms with van der Waals surface area (Å²) in [7, 11) is 1.37. The molecule has 1 N–H and O–H groups in total. The molecule has 7 heteroatoms. The summed E-state index contributed by atoms with van der Waals surface area (Å²) in [5.41, 5.74) is 2.17. The molecule has 7 nitrogen and oxygen atoms in total. The van der Waals surface area contributed by atoms with Gasteiger partial charge >= 0.3 is 5.97 Å². The smallest absolute Gasteiger partial charge is 0.338 e. The first-order chi connectivity index (χ1) is 28.5. The number of fused-ring (bicyclic) bond motifs is 2. The number of esters is 1. The van der Waals surface area contributed by atoms with Gasteiger partial charge < -0.3 is 14.8 Å². The van der Waals surface area contributed by atoms with Gasteiger partial charge in [0.25, 0.3) is 12.4 Å². The second-order valence-electron chi connectivity index (χ2n) is 16.3. The number of carbonyl (C=O) groups excluding carboxylic acids is 4. The van der Waals surface area contributed by atoms with Gasteiger partial charge in [0, 0.05) is 34.9 Å². The second kappa shape index (κ2) is 23.8. The molecule has 0 aliphatic heterocycles. The molecule has 0 heterocycles. The maximum Gasteiger partial charge on any atom is 0.338 e. The lowest BCUT2D eigenvalue weighted by molar-refractivity contribution is -0.129. The maximum absolute atomic E-state index is 14.0. The quantitative estimate of drug-likeness (QED) is 0.0129. The average molecular weight is 790 g/mol. The third-order valence-electron chi connectivity index (χ3n) is 12.1. The fourth-order valence-electron chi connectivity index (χ4n) is 8.90. The van der Waals surface area contributed by atoms with Crippen molar-refractivity contribution < 1.29 is 28.7 Å². The fourth-order valence-corrected chi connectivity index (χ4v) is 8.90. The van der Waals surface area contributed by atoms with E-state index in [-0.39, 0.29) is 18.3 Å². The summed E-state index contributed by atoms with van der Waals surface area (Å²) >= 11 is 0. The van der Waals surface area contributed by atoms with E-state index in [1.54, 1.807) is 6.07 Å². The molecule has 0 aliphatic carbocycles. The van der Waals surface area contributed by atoms with Crippen molar-refractivity contribution in [2.24, 2.45) is 0 Å². The lowest BCUT2D eigenvalue weighted by Crippen LogP contribution is -2.25. The van der Waals surface area contributed by atoms with Gasteiger partial charge in [0.05, 0.1) is 12.7 Å². The molecule has 58 heavy (non-hydrogen) atoms. The van der Waals surface area contributed by atoms with Crippen molar-refractivity contribution in [1.29, 1.82) is 0 Å². The number of nitrogens with one attached hydrogen (secondary N) is 1. The molecule has 0 saturated heterocycles. The minimum Gasteiger partial charge on any atom is -0.465 e. The SMILES string of the molecule is CCCCCCCCCCCCCC(=O)c1ccc2c3ccc(COC=O)c4c(C(=O)NCCCCCCCCCCCC)ccc(c5ccc(C(=O)OC)c1c25)c43. The van der Waals surface area contributed by atoms with E-state index in [1.165, 1.54) is 110 Å². The molecule has 5 rings (SSSR count). The monoisotopic (exact) mass is 789 g/mol. The number of rotatable bonds is 29. The lowest BCUT2D eigenvalue weighted by atomic mass is 9.83. The summed E-state index contributed by atoms with van der Waals surface area (Å²) in [6.07, 6.45) is 26.0. The topological polar surface area (TPSA) is 98.8 Å². The molecule has 5 aromatic rings. The largest absolute Gasteiger partial charge is 0.465 e. The number of ketones is 1. The standard InChI is InChI=1S/C51H67NO6/c1-4-6-8-10-12-14-16-17-19-21-23-25-45(54)42-31-28-40-38-27-26-37(35-58-36-53)46-43(50(55)52-34-24-22-20-18-15-13-11-9-7-5-2)32-29-39(47(38)46)41-30-33-44(51(56)57-3)49(42)48(40)41/h26-33,36H,4-25,34-35H2,1-3H3,(H,52,55). The second-order valence-corrected chi connectivity index (χ2v) is 16.3. The first kappa shape index (κ1) is 44.6. The van der Waals surface area contributed by atoms with E-state index in [9.17, 15) is 19.2 Å². The summed E-state index contributed by atoms with van der Waals surface area (Å²) in [4.78, 5) is 52.5. The molecule has 0 radical (unpaired) electrons. The normalized spacial score (nSPS) is 11.6. The zero-order valence-corrected chi connectivity index (χ0v) is 35.6. The van der Waals surface area contributed by atoms with E-state index in [4.69, 9.17) is 9.47 Å². The van der Waals surface area contributed by atoms with Crippen molar-refractivity contribution in [1.82, 2.24) is 5.32 Å². The highest BCUT2D eigenvalue weighted by Gasteiger charge is 2.25. The highest BCUT2D eigenvalue weighted by Crippen LogP contribution is 2.44. The van der Waals surface area contributed by atoms with Crippen molar-refractivity contribution in [3.63, 3.8) is 0 Å². The van der Waals surface area contributed by atoms with Gasteiger partial charge in [-0.05, 0) is 62.9 Å². The zero-order valence-electron chi connectivity index (χ0n) is 35.6. The number of Topliss-reactive ketones (excluding diaryl/α,β-unsaturated/α-hetero) is 1. The summed E-state index contributed by atoms with van der Waals surface area (Å²) in [6, 6.07) is 15.3. The third-order valence-corrected chi connectivity index (χ3v) is 12.1. The number of unbranched alkanes of at least 4 members (excludes halogenated alkanes) is 19. The molecule has 5 aromatic carbocycles. The molecule has 0 atom stereocenters. The van der Waals surface area contributed by atoms with Crippen molar-refractivity contribution in [2.45, 2.75) is 162 Å². The van der Waals surface area contributed by atoms with Crippen molar-refractivity contribution in [3.8, 4) is 0 Å². The molecular weight excluding hydrogens is 723 g/mol. The first-order valence-corrected chi connectivity index (χ1v) is 22.6. The molecule has 0 unspecified atom stereocenters. The molecular formula is C51H67NO6. The number of methoxy groups -OCH3 is 1. The van der Waals surface area contributed by atoms with E-state index >= 15 is 0 Å². The van der Waals surface area contributed by atoms with Crippen LogP contribution in [0.1, 0.15) is 192 Å². The number of amides is 1. The molecule has 0 saturated carbocycles. The highest BCUT2D eigenvalue weighted by atomic mass is 16.5. The van der Waals surface area contributed by atoms with Crippen LogP contribution in [-0.4, -0.2) is 37.8 Å². The third kappa shape index (κ3) is 11.4. The van der Waals surface area contributed by atoms with Gasteiger partial charge in [-0.2, -0.15) is 0 Å². The average Bonchev–Trinajstić information content (AvgIpc) is 3.25. The number of carbonyl (C=O) groups is 4. The van der Waals surface area contributed by atoms with Crippen molar-refractivity contribution in [3.05, 3.63) is 70.8 Å². The van der Waals surface area contributed by atoms with Gasteiger partial charge in [0.15, 0.2) is 5.78 Å². The summed E-state index contributed by atoms with van der Waals surface area (Å²) < 4.78 is 10.5. The van der Waals surface area contributed by atoms with Crippen molar-refractivity contribution >= 4 is 67.2 Å². The maximum atomic E-state index is 14.0. The molecule has 0 aromatic heterocycles. The van der Waals surface area contributed by atoms with E-state index in [2.05, 4.69) is 19.2 Å². The Hall–Kier alpha value is -4.52. The van der Waals surface area contributed by atoms with Gasteiger partial charge in [-0.25, -0.2) is 4.79 Å². The first-order valence-electron chi connectivity index (χ1n) is 22.6. The number of hydrogen-bond acceptors (Lipinski definition) is 6. The van der Waals surface area contributed by atoms with Crippen LogP contribution in [-0.2, 0) is 20.9 Å². The van der Waals surface area contributed by atoms with Crippen LogP contribution < -0.4 is 5.32 Å². The van der Waals surface area contributed by atoms with E-state index in [0.29, 0.717) is 41.5 Å². The Morgan fingerprint density at radius 3 is 1.48 bits per heavy atom. The summed E-state index contributed by atoms with van der Waals surface area (Å²) in [6.45, 7) is 5.54. The Morgan fingerprint density at radius 1 is 0.517 bits per heavy atom. The predicted octanol–water partition coefficient (Wildman–Crippen LogP) is 13.7. The Balaban J connectivity index is 1.39. The summed E-state index contributed by atoms with van der Waals surface area (Å²) in [5, 5.41) is 9.79. The number of benzene rings is 5. The van der Waals surface area contributed by atoms with E-state index < -0.39 is 5.97 Å². The molecule has 0 bridgehead atoms. The van der Waals surface area contributed by atoms with Gasteiger partial charge in [-0.3, -0.25) is 14.4 Å². The van der Waals surface area contributed by atoms with Crippen LogP contribution in [0.25, 0.3) is 43.1 Å². The van der Waals surface area contributed by atoms with Crippen LogP contribution in [0, 0.1) is 0 Å². The number of ether oxygens (including phenoxy) is 2. The zero-order chi connectivity index (χ0) is 41.1. The Morgan fingerprint density at radius 2 is 0.966 bits per heavy atom. The lowest BCUT2D eigenvalue weighted by Gasteiger charge is -2.20. The van der Waals surface area contributed by atoms with Crippen LogP contribution in [0.3, 0.4) is 0 Å². The minimum absolute atomic E-state index is 0.0245. The molecule has 1 amide bonds. The molecule has 0 fully saturated rings. The van der Waals surface area contributed by atoms with Gasteiger partial charge in [-0.1, -0.05) is 172 Å². The molecule has 312 valence electrons. The van der Waals surface area contributed by atoms with Crippen LogP contribution in [0.5, 0.6) is 0 Å². The van der Waals surface area contributed by atoms with Crippen molar-refractivity contribution in [2.75, 3.05) is 13.7 Å². The molecule has 0 aliphatic rings. The van der Waals surface area contributed by atoms with Gasteiger partial charge in [-0.15, -0.1) is 0 Å². The van der Waals surface area contributed by atoms with Crippen LogP contribution in [0.15, 0.2) is 48.5 Å². The van der Waals surface area contributed by atoms with E-state index in [0.717, 1.165) is 75.4 Å². The van der Waals surface area contributed by atoms with Gasteiger partial charge in [0.1, 0.15) is 6.61 Å². The molecule has 0 spiro atoms. The van der Waals surface area contributed by atoms with Crippen LogP contribution in [0.2, 0.25) is 0 Å². The predicted molar refractivity (Wildman–Crippen MR) is 239 cm³/mol. The highest BCUT2D eigenvalue weighted by molar-refractivity contribution is 6.37. The Bertz CT molecular complexity index is 2080. The Kier molecular flexibility index (Phi) is 18.3. The van der Waals surface area contributed by atoms with E-state index in [1.807, 2.05) is 42.5 Å². The number of hydrogen-bond donors (Lipinski definition) is 1. The fraction of sp³-hybridized carbons (Fsp3) is 0.529.